The summed E-state index contributed by atoms with van der Waals surface area (Å²) >= 11 is 0. The summed E-state index contributed by atoms with van der Waals surface area (Å²) in [4.78, 5) is 0. The SMILES string of the molecule is C1CCOC1.C1CCOC1.[O-2].[O-2].[O-]C(c1ccccc1)c1ccccc1.[O-]C(c1ccccc1)c1ccccc1.[U]. The minimum absolute atomic E-state index is 0. The van der Waals surface area contributed by atoms with E-state index in [1.807, 2.05) is 121 Å². The van der Waals surface area contributed by atoms with Crippen molar-refractivity contribution in [3.05, 3.63) is 144 Å². The van der Waals surface area contributed by atoms with Crippen LogP contribution in [0.15, 0.2) is 121 Å². The molecule has 2 aliphatic rings. The van der Waals surface area contributed by atoms with Gasteiger partial charge in [0.2, 0.25) is 0 Å². The van der Waals surface area contributed by atoms with E-state index >= 15 is 0 Å². The van der Waals surface area contributed by atoms with E-state index in [9.17, 15) is 10.2 Å². The Morgan fingerprint density at radius 1 is 0.390 bits per heavy atom. The molecule has 0 unspecified atom stereocenters. The van der Waals surface area contributed by atoms with Crippen LogP contribution in [0.1, 0.15) is 60.1 Å². The quantitative estimate of drug-likeness (QED) is 0.267. The van der Waals surface area contributed by atoms with Crippen LogP contribution in [0.5, 0.6) is 0 Å². The van der Waals surface area contributed by atoms with Gasteiger partial charge < -0.3 is 30.6 Å². The van der Waals surface area contributed by atoms with Crippen molar-refractivity contribution < 1.29 is 61.8 Å². The molecular weight excluding hydrogens is 742 g/mol. The van der Waals surface area contributed by atoms with Gasteiger partial charge in [-0.05, 0) is 25.7 Å². The van der Waals surface area contributed by atoms with Crippen LogP contribution in [0.2, 0.25) is 0 Å². The minimum atomic E-state index is -0.766. The number of ether oxygens (including phenoxy) is 2. The Labute approximate surface area is 268 Å². The van der Waals surface area contributed by atoms with Gasteiger partial charge in [0.1, 0.15) is 0 Å². The molecule has 0 saturated carbocycles. The molecule has 0 atom stereocenters. The van der Waals surface area contributed by atoms with Gasteiger partial charge in [0.05, 0.1) is 0 Å². The third kappa shape index (κ3) is 15.5. The molecule has 4 aromatic carbocycles. The van der Waals surface area contributed by atoms with Crippen molar-refractivity contribution in [3.8, 4) is 0 Å². The maximum absolute atomic E-state index is 11.9. The Morgan fingerprint density at radius 3 is 0.732 bits per heavy atom. The molecule has 6 nitrogen and oxygen atoms in total. The van der Waals surface area contributed by atoms with Crippen LogP contribution < -0.4 is 10.2 Å². The van der Waals surface area contributed by atoms with E-state index in [0.717, 1.165) is 48.7 Å². The number of hydrogen-bond donors (Lipinski definition) is 0. The molecule has 2 fully saturated rings. The van der Waals surface area contributed by atoms with Crippen molar-refractivity contribution in [3.63, 3.8) is 0 Å². The summed E-state index contributed by atoms with van der Waals surface area (Å²) in [5, 5.41) is 23.9. The van der Waals surface area contributed by atoms with Gasteiger partial charge in [0.25, 0.3) is 0 Å². The molecule has 2 aliphatic heterocycles. The van der Waals surface area contributed by atoms with Crippen molar-refractivity contribution >= 4 is 0 Å². The summed E-state index contributed by atoms with van der Waals surface area (Å²) in [5.41, 5.74) is 3.27. The Bertz CT molecular complexity index is 908. The maximum atomic E-state index is 11.9. The van der Waals surface area contributed by atoms with E-state index < -0.39 is 12.2 Å². The van der Waals surface area contributed by atoms with E-state index in [4.69, 9.17) is 9.47 Å². The van der Waals surface area contributed by atoms with Gasteiger partial charge in [-0.25, -0.2) is 0 Å². The van der Waals surface area contributed by atoms with Crippen LogP contribution in [0.3, 0.4) is 0 Å². The summed E-state index contributed by atoms with van der Waals surface area (Å²) in [6, 6.07) is 37.7. The Balaban J connectivity index is 0.000000556. The van der Waals surface area contributed by atoms with Crippen LogP contribution in [0.4, 0.5) is 0 Å². The maximum Gasteiger partial charge on any atom is 0.0466 e. The molecule has 0 radical (unpaired) electrons. The molecule has 0 aliphatic carbocycles. The summed E-state index contributed by atoms with van der Waals surface area (Å²) in [6.07, 6.45) is 3.58. The van der Waals surface area contributed by atoms with E-state index in [1.54, 1.807) is 0 Å². The van der Waals surface area contributed by atoms with Gasteiger partial charge in [-0.3, -0.25) is 0 Å². The van der Waals surface area contributed by atoms with Gasteiger partial charge in [-0.1, -0.05) is 156 Å². The predicted molar refractivity (Wildman–Crippen MR) is 151 cm³/mol. The average Bonchev–Trinajstić information content (AvgIpc) is 3.79. The van der Waals surface area contributed by atoms with Gasteiger partial charge >= 0.3 is 0 Å². The van der Waals surface area contributed by atoms with Crippen LogP contribution in [-0.4, -0.2) is 26.4 Å². The second kappa shape index (κ2) is 24.3. The first-order valence-electron chi connectivity index (χ1n) is 13.4. The summed E-state index contributed by atoms with van der Waals surface area (Å²) in [7, 11) is 0. The zero-order valence-corrected chi connectivity index (χ0v) is 27.5. The van der Waals surface area contributed by atoms with Crippen molar-refractivity contribution in [1.29, 1.82) is 0 Å². The normalized spacial score (nSPS) is 13.0. The average molecular weight is 781 g/mol. The smallest absolute Gasteiger partial charge is 0.0466 e. The van der Waals surface area contributed by atoms with Gasteiger partial charge in [-0.15, -0.1) is 0 Å². The summed E-state index contributed by atoms with van der Waals surface area (Å²) in [5.74, 6) is 0. The first-order valence-corrected chi connectivity index (χ1v) is 13.4. The van der Waals surface area contributed by atoms with Gasteiger partial charge in [-0.2, -0.15) is 0 Å². The molecule has 41 heavy (non-hydrogen) atoms. The summed E-state index contributed by atoms with van der Waals surface area (Å²) in [6.45, 7) is 4.00. The fourth-order valence-electron chi connectivity index (χ4n) is 3.92. The second-order valence-corrected chi connectivity index (χ2v) is 9.04. The molecule has 0 bridgehead atoms. The third-order valence-electron chi connectivity index (χ3n) is 6.06. The number of benzene rings is 4. The fourth-order valence-corrected chi connectivity index (χ4v) is 3.92. The van der Waals surface area contributed by atoms with Gasteiger partial charge in [0, 0.05) is 57.5 Å². The van der Waals surface area contributed by atoms with Crippen molar-refractivity contribution in [2.24, 2.45) is 0 Å². The first-order chi connectivity index (χ1) is 18.8. The Hall–Kier alpha value is -2.31. The fraction of sp³-hybridized carbons (Fsp3) is 0.294. The monoisotopic (exact) mass is 780 g/mol. The van der Waals surface area contributed by atoms with E-state index in [2.05, 4.69) is 0 Å². The molecular formula is C34H38O6U-6. The van der Waals surface area contributed by atoms with E-state index in [1.165, 1.54) is 25.7 Å². The Kier molecular flexibility index (Phi) is 22.9. The standard InChI is InChI=1S/2C13H11O.2C4H8O.2O.U/c2*14-13(11-7-3-1-4-8-11)12-9-5-2-6-10-12;2*1-2-4-5-3-1;;;/h2*1-10,13H;2*1-4H2;;;/q2*-1;;;2*-2;. The van der Waals surface area contributed by atoms with Crippen LogP contribution in [0, 0.1) is 31.1 Å². The molecule has 0 aromatic heterocycles. The van der Waals surface area contributed by atoms with Crippen LogP contribution in [-0.2, 0) is 20.4 Å². The topological polar surface area (TPSA) is 122 Å². The second-order valence-electron chi connectivity index (χ2n) is 9.04. The van der Waals surface area contributed by atoms with E-state index in [0.29, 0.717) is 0 Å². The molecule has 7 heteroatoms. The zero-order chi connectivity index (χ0) is 26.7. The predicted octanol–water partition coefficient (Wildman–Crippen LogP) is 5.63. The van der Waals surface area contributed by atoms with Crippen molar-refractivity contribution in [2.75, 3.05) is 26.4 Å². The molecule has 6 rings (SSSR count). The zero-order valence-electron chi connectivity index (χ0n) is 23.3. The molecule has 2 saturated heterocycles. The third-order valence-corrected chi connectivity index (χ3v) is 6.06. The van der Waals surface area contributed by atoms with Crippen LogP contribution >= 0.6 is 0 Å². The molecule has 0 spiro atoms. The molecule has 220 valence electrons. The first kappa shape index (κ1) is 38.7. The summed E-state index contributed by atoms with van der Waals surface area (Å²) < 4.78 is 9.89. The molecule has 2 heterocycles. The molecule has 0 amide bonds. The molecule has 0 N–H and O–H groups in total. The van der Waals surface area contributed by atoms with Crippen LogP contribution in [0.25, 0.3) is 0 Å². The van der Waals surface area contributed by atoms with E-state index in [-0.39, 0.29) is 42.1 Å². The van der Waals surface area contributed by atoms with Crippen molar-refractivity contribution in [2.45, 2.75) is 37.9 Å². The minimum Gasteiger partial charge on any atom is -2.00 e. The number of hydrogen-bond acceptors (Lipinski definition) is 4. The number of rotatable bonds is 4. The van der Waals surface area contributed by atoms with Crippen molar-refractivity contribution in [1.82, 2.24) is 0 Å². The molecule has 4 aromatic rings. The Morgan fingerprint density at radius 2 is 0.585 bits per heavy atom. The largest absolute Gasteiger partial charge is 2.00 e. The van der Waals surface area contributed by atoms with Gasteiger partial charge in [0.15, 0.2) is 0 Å².